The van der Waals surface area contributed by atoms with E-state index in [2.05, 4.69) is 17.6 Å². The Morgan fingerprint density at radius 1 is 1.60 bits per heavy atom. The van der Waals surface area contributed by atoms with Crippen LogP contribution >= 0.6 is 0 Å². The summed E-state index contributed by atoms with van der Waals surface area (Å²) < 4.78 is 5.41. The van der Waals surface area contributed by atoms with Crippen LogP contribution in [0.5, 0.6) is 0 Å². The van der Waals surface area contributed by atoms with Crippen molar-refractivity contribution in [1.29, 1.82) is 0 Å². The SMILES string of the molecule is CCC(C)NC(=O)CNC1CCOC1C. The van der Waals surface area contributed by atoms with Crippen LogP contribution in [0.1, 0.15) is 33.6 Å². The minimum atomic E-state index is 0.0726. The molecule has 0 aromatic heterocycles. The Bertz CT molecular complexity index is 209. The van der Waals surface area contributed by atoms with Crippen LogP contribution in [0.15, 0.2) is 0 Å². The third-order valence-corrected chi connectivity index (χ3v) is 2.92. The zero-order chi connectivity index (χ0) is 11.3. The maximum absolute atomic E-state index is 11.5. The fourth-order valence-electron chi connectivity index (χ4n) is 1.65. The summed E-state index contributed by atoms with van der Waals surface area (Å²) in [6.45, 7) is 7.30. The third-order valence-electron chi connectivity index (χ3n) is 2.92. The molecule has 15 heavy (non-hydrogen) atoms. The smallest absolute Gasteiger partial charge is 0.234 e. The molecular formula is C11H22N2O2. The van der Waals surface area contributed by atoms with Crippen LogP contribution in [0.2, 0.25) is 0 Å². The highest BCUT2D eigenvalue weighted by atomic mass is 16.5. The summed E-state index contributed by atoms with van der Waals surface area (Å²) in [5.41, 5.74) is 0. The predicted molar refractivity (Wildman–Crippen MR) is 59.7 cm³/mol. The van der Waals surface area contributed by atoms with E-state index >= 15 is 0 Å². The van der Waals surface area contributed by atoms with E-state index < -0.39 is 0 Å². The van der Waals surface area contributed by atoms with Crippen LogP contribution in [0.25, 0.3) is 0 Å². The molecule has 0 aromatic carbocycles. The summed E-state index contributed by atoms with van der Waals surface area (Å²) in [6, 6.07) is 0.587. The number of carbonyl (C=O) groups excluding carboxylic acids is 1. The summed E-state index contributed by atoms with van der Waals surface area (Å²) in [5.74, 6) is 0.0726. The predicted octanol–water partition coefficient (Wildman–Crippen LogP) is 0.668. The third kappa shape index (κ3) is 4.18. The van der Waals surface area contributed by atoms with E-state index in [4.69, 9.17) is 4.74 Å². The zero-order valence-corrected chi connectivity index (χ0v) is 9.88. The number of hydrogen-bond acceptors (Lipinski definition) is 3. The lowest BCUT2D eigenvalue weighted by atomic mass is 10.1. The van der Waals surface area contributed by atoms with Crippen molar-refractivity contribution in [2.24, 2.45) is 0 Å². The molecule has 2 N–H and O–H groups in total. The second kappa shape index (κ2) is 6.08. The van der Waals surface area contributed by atoms with E-state index in [0.717, 1.165) is 19.4 Å². The summed E-state index contributed by atoms with van der Waals surface area (Å²) in [5, 5.41) is 6.15. The number of ether oxygens (including phenoxy) is 1. The van der Waals surface area contributed by atoms with Crippen molar-refractivity contribution in [2.75, 3.05) is 13.2 Å². The highest BCUT2D eigenvalue weighted by Crippen LogP contribution is 2.11. The molecular weight excluding hydrogens is 192 g/mol. The number of amides is 1. The Morgan fingerprint density at radius 2 is 2.33 bits per heavy atom. The molecule has 1 saturated heterocycles. The van der Waals surface area contributed by atoms with Crippen LogP contribution in [0.3, 0.4) is 0 Å². The fraction of sp³-hybridized carbons (Fsp3) is 0.909. The molecule has 88 valence electrons. The van der Waals surface area contributed by atoms with Gasteiger partial charge in [-0.15, -0.1) is 0 Å². The van der Waals surface area contributed by atoms with E-state index in [1.165, 1.54) is 0 Å². The van der Waals surface area contributed by atoms with Crippen LogP contribution in [0.4, 0.5) is 0 Å². The highest BCUT2D eigenvalue weighted by molar-refractivity contribution is 5.78. The van der Waals surface area contributed by atoms with E-state index in [9.17, 15) is 4.79 Å². The van der Waals surface area contributed by atoms with Gasteiger partial charge >= 0.3 is 0 Å². The lowest BCUT2D eigenvalue weighted by molar-refractivity contribution is -0.121. The molecule has 0 spiro atoms. The molecule has 1 aliphatic heterocycles. The first-order chi connectivity index (χ1) is 7.13. The highest BCUT2D eigenvalue weighted by Gasteiger charge is 2.23. The molecule has 4 heteroatoms. The summed E-state index contributed by atoms with van der Waals surface area (Å²) in [4.78, 5) is 11.5. The van der Waals surface area contributed by atoms with Crippen LogP contribution < -0.4 is 10.6 Å². The lowest BCUT2D eigenvalue weighted by Gasteiger charge is -2.17. The van der Waals surface area contributed by atoms with Gasteiger partial charge in [-0.05, 0) is 26.7 Å². The second-order valence-corrected chi connectivity index (χ2v) is 4.23. The van der Waals surface area contributed by atoms with Crippen molar-refractivity contribution in [1.82, 2.24) is 10.6 Å². The van der Waals surface area contributed by atoms with Gasteiger partial charge in [-0.3, -0.25) is 4.79 Å². The minimum absolute atomic E-state index is 0.0726. The van der Waals surface area contributed by atoms with Crippen LogP contribution in [-0.4, -0.2) is 37.2 Å². The van der Waals surface area contributed by atoms with Gasteiger partial charge in [0.05, 0.1) is 12.6 Å². The van der Waals surface area contributed by atoms with Gasteiger partial charge in [0.25, 0.3) is 0 Å². The van der Waals surface area contributed by atoms with Crippen molar-refractivity contribution in [3.05, 3.63) is 0 Å². The molecule has 1 aliphatic rings. The largest absolute Gasteiger partial charge is 0.377 e. The molecule has 3 atom stereocenters. The van der Waals surface area contributed by atoms with Gasteiger partial charge in [-0.1, -0.05) is 6.92 Å². The summed E-state index contributed by atoms with van der Waals surface area (Å²) in [6.07, 6.45) is 2.19. The van der Waals surface area contributed by atoms with Crippen molar-refractivity contribution in [2.45, 2.75) is 51.8 Å². The van der Waals surface area contributed by atoms with Gasteiger partial charge in [0.1, 0.15) is 0 Å². The molecule has 1 heterocycles. The fourth-order valence-corrected chi connectivity index (χ4v) is 1.65. The first-order valence-corrected chi connectivity index (χ1v) is 5.77. The molecule has 3 unspecified atom stereocenters. The molecule has 1 fully saturated rings. The maximum Gasteiger partial charge on any atom is 0.234 e. The Balaban J connectivity index is 2.16. The Hall–Kier alpha value is -0.610. The quantitative estimate of drug-likeness (QED) is 0.707. The molecule has 0 aromatic rings. The summed E-state index contributed by atoms with van der Waals surface area (Å²) in [7, 11) is 0. The minimum Gasteiger partial charge on any atom is -0.377 e. The molecule has 1 amide bonds. The van der Waals surface area contributed by atoms with Gasteiger partial charge in [0.2, 0.25) is 5.91 Å². The molecule has 0 saturated carbocycles. The number of carbonyl (C=O) groups is 1. The molecule has 0 aliphatic carbocycles. The number of hydrogen-bond donors (Lipinski definition) is 2. The summed E-state index contributed by atoms with van der Waals surface area (Å²) >= 11 is 0. The zero-order valence-electron chi connectivity index (χ0n) is 9.88. The van der Waals surface area contributed by atoms with Gasteiger partial charge in [-0.2, -0.15) is 0 Å². The maximum atomic E-state index is 11.5. The average Bonchev–Trinajstić information content (AvgIpc) is 2.61. The van der Waals surface area contributed by atoms with Gasteiger partial charge in [-0.25, -0.2) is 0 Å². The molecule has 1 rings (SSSR count). The lowest BCUT2D eigenvalue weighted by Crippen LogP contribution is -2.44. The van der Waals surface area contributed by atoms with Crippen molar-refractivity contribution < 1.29 is 9.53 Å². The standard InChI is InChI=1S/C11H22N2O2/c1-4-8(2)13-11(14)7-12-10-5-6-15-9(10)3/h8-10,12H,4-7H2,1-3H3,(H,13,14). The van der Waals surface area contributed by atoms with Crippen LogP contribution in [-0.2, 0) is 9.53 Å². The topological polar surface area (TPSA) is 50.4 Å². The Kier molecular flexibility index (Phi) is 5.05. The first-order valence-electron chi connectivity index (χ1n) is 5.77. The van der Waals surface area contributed by atoms with Gasteiger partial charge in [0.15, 0.2) is 0 Å². The van der Waals surface area contributed by atoms with Crippen molar-refractivity contribution in [3.8, 4) is 0 Å². The van der Waals surface area contributed by atoms with Crippen molar-refractivity contribution in [3.63, 3.8) is 0 Å². The monoisotopic (exact) mass is 214 g/mol. The number of rotatable bonds is 5. The molecule has 4 nitrogen and oxygen atoms in total. The Labute approximate surface area is 91.8 Å². The van der Waals surface area contributed by atoms with Gasteiger partial charge < -0.3 is 15.4 Å². The van der Waals surface area contributed by atoms with E-state index in [0.29, 0.717) is 12.6 Å². The van der Waals surface area contributed by atoms with Crippen LogP contribution in [0, 0.1) is 0 Å². The Morgan fingerprint density at radius 3 is 2.87 bits per heavy atom. The van der Waals surface area contributed by atoms with Gasteiger partial charge in [0, 0.05) is 18.7 Å². The normalized spacial score (nSPS) is 27.7. The first kappa shape index (κ1) is 12.5. The van der Waals surface area contributed by atoms with E-state index in [1.807, 2.05) is 13.8 Å². The van der Waals surface area contributed by atoms with E-state index in [-0.39, 0.29) is 18.1 Å². The van der Waals surface area contributed by atoms with Crippen molar-refractivity contribution >= 4 is 5.91 Å². The van der Waals surface area contributed by atoms with E-state index in [1.54, 1.807) is 0 Å². The second-order valence-electron chi connectivity index (χ2n) is 4.23. The average molecular weight is 214 g/mol. The molecule has 0 radical (unpaired) electrons. The number of nitrogens with one attached hydrogen (secondary N) is 2. The molecule has 0 bridgehead atoms.